The monoisotopic (exact) mass is 170 g/mol. The lowest BCUT2D eigenvalue weighted by Crippen LogP contribution is -2.04. The van der Waals surface area contributed by atoms with E-state index in [1.807, 2.05) is 0 Å². The molecule has 0 bridgehead atoms. The van der Waals surface area contributed by atoms with Crippen molar-refractivity contribution in [2.24, 2.45) is 0 Å². The second-order valence-electron chi connectivity index (χ2n) is 2.48. The number of hydrogen-bond donors (Lipinski definition) is 2. The fourth-order valence-corrected chi connectivity index (χ4v) is 0.989. The maximum absolute atomic E-state index is 12.9. The summed E-state index contributed by atoms with van der Waals surface area (Å²) >= 11 is 0. The Balaban J connectivity index is 3.38. The molecule has 1 aromatic rings. The van der Waals surface area contributed by atoms with Crippen molar-refractivity contribution >= 4 is 11.4 Å². The molecule has 0 spiro atoms. The van der Waals surface area contributed by atoms with Crippen molar-refractivity contribution in [2.45, 2.75) is 6.92 Å². The van der Waals surface area contributed by atoms with Crippen molar-refractivity contribution in [3.8, 4) is 0 Å². The first-order valence-electron chi connectivity index (χ1n) is 3.32. The van der Waals surface area contributed by atoms with E-state index in [9.17, 15) is 8.78 Å². The Hall–Kier alpha value is -1.45. The van der Waals surface area contributed by atoms with Crippen LogP contribution in [0.15, 0.2) is 12.1 Å². The molecule has 1 aromatic carbocycles. The minimum absolute atomic E-state index is 0.00926. The van der Waals surface area contributed by atoms with E-state index in [1.54, 1.807) is 0 Å². The smallest absolute Gasteiger partial charge is 0.137 e. The number of hydrogen-bond acceptors (Lipinski definition) is 2. The van der Waals surface area contributed by atoms with Crippen molar-refractivity contribution in [1.82, 2.24) is 0 Å². The van der Waals surface area contributed by atoms with Gasteiger partial charge >= 0.3 is 0 Å². The summed E-state index contributed by atoms with van der Waals surface area (Å²) in [7, 11) is 0. The molecule has 0 atom stereocenters. The third kappa shape index (κ3) is 1.42. The molecule has 0 fully saturated rings. The number of nitrogens with one attached hydrogen (secondary N) is 1. The molecule has 12 heavy (non-hydrogen) atoms. The number of nitrogens with two attached hydrogens (primary N) is 1. The Morgan fingerprint density at radius 1 is 1.42 bits per heavy atom. The molecule has 3 N–H and O–H groups in total. The van der Waals surface area contributed by atoms with Crippen LogP contribution in [0, 0.1) is 17.0 Å². The Bertz CT molecular complexity index is 311. The summed E-state index contributed by atoms with van der Waals surface area (Å²) in [5.41, 5.74) is 5.22. The Kier molecular flexibility index (Phi) is 2.08. The molecule has 1 rings (SSSR count). The zero-order valence-corrected chi connectivity index (χ0v) is 6.49. The van der Waals surface area contributed by atoms with Gasteiger partial charge < -0.3 is 11.1 Å². The Morgan fingerprint density at radius 2 is 2.00 bits per heavy atom. The predicted octanol–water partition coefficient (Wildman–Crippen LogP) is 1.93. The van der Waals surface area contributed by atoms with Crippen molar-refractivity contribution < 1.29 is 8.78 Å². The minimum atomic E-state index is -0.792. The number of nitrogen functional groups attached to an aromatic ring is 1. The van der Waals surface area contributed by atoms with Crippen LogP contribution in [-0.2, 0) is 0 Å². The number of halogens is 2. The van der Waals surface area contributed by atoms with Gasteiger partial charge in [-0.3, -0.25) is 0 Å². The maximum Gasteiger partial charge on any atom is 0.137 e. The standard InChI is InChI=1S/C8H8F2N2/c1-4(11)8-6(10)2-5(9)3-7(8)12/h2-3,11H,12H2,1H3. The summed E-state index contributed by atoms with van der Waals surface area (Å²) < 4.78 is 25.4. The van der Waals surface area contributed by atoms with Gasteiger partial charge in [-0.1, -0.05) is 0 Å². The van der Waals surface area contributed by atoms with Crippen LogP contribution in [0.25, 0.3) is 0 Å². The van der Waals surface area contributed by atoms with Crippen molar-refractivity contribution in [3.63, 3.8) is 0 Å². The lowest BCUT2D eigenvalue weighted by Gasteiger charge is -2.04. The van der Waals surface area contributed by atoms with Crippen molar-refractivity contribution in [2.75, 3.05) is 5.73 Å². The largest absolute Gasteiger partial charge is 0.398 e. The van der Waals surface area contributed by atoms with Gasteiger partial charge in [0.05, 0.1) is 5.56 Å². The molecule has 0 aromatic heterocycles. The van der Waals surface area contributed by atoms with Gasteiger partial charge in [0.15, 0.2) is 0 Å². The van der Waals surface area contributed by atoms with Crippen molar-refractivity contribution in [3.05, 3.63) is 29.3 Å². The SMILES string of the molecule is CC(=N)c1c(N)cc(F)cc1F. The van der Waals surface area contributed by atoms with E-state index in [4.69, 9.17) is 11.1 Å². The van der Waals surface area contributed by atoms with Crippen LogP contribution < -0.4 is 5.73 Å². The molecular weight excluding hydrogens is 162 g/mol. The summed E-state index contributed by atoms with van der Waals surface area (Å²) in [5, 5.41) is 7.15. The second kappa shape index (κ2) is 2.89. The molecule has 0 saturated carbocycles. The summed E-state index contributed by atoms with van der Waals surface area (Å²) in [5.74, 6) is -1.52. The molecular formula is C8H8F2N2. The summed E-state index contributed by atoms with van der Waals surface area (Å²) in [4.78, 5) is 0. The van der Waals surface area contributed by atoms with Crippen LogP contribution in [0.1, 0.15) is 12.5 Å². The van der Waals surface area contributed by atoms with Crippen LogP contribution in [-0.4, -0.2) is 5.71 Å². The number of anilines is 1. The zero-order valence-electron chi connectivity index (χ0n) is 6.49. The maximum atomic E-state index is 12.9. The van der Waals surface area contributed by atoms with E-state index >= 15 is 0 Å². The van der Waals surface area contributed by atoms with Crippen molar-refractivity contribution in [1.29, 1.82) is 5.41 Å². The zero-order chi connectivity index (χ0) is 9.30. The molecule has 0 unspecified atom stereocenters. The second-order valence-corrected chi connectivity index (χ2v) is 2.48. The van der Waals surface area contributed by atoms with Gasteiger partial charge in [-0.15, -0.1) is 0 Å². The molecule has 0 aliphatic heterocycles. The van der Waals surface area contributed by atoms with E-state index in [1.165, 1.54) is 6.92 Å². The van der Waals surface area contributed by atoms with Gasteiger partial charge in [-0.05, 0) is 13.0 Å². The molecule has 2 nitrogen and oxygen atoms in total. The average molecular weight is 170 g/mol. The van der Waals surface area contributed by atoms with E-state index < -0.39 is 11.6 Å². The predicted molar refractivity (Wildman–Crippen MR) is 43.3 cm³/mol. The highest BCUT2D eigenvalue weighted by atomic mass is 19.1. The van der Waals surface area contributed by atoms with Crippen LogP contribution >= 0.6 is 0 Å². The molecule has 64 valence electrons. The average Bonchev–Trinajstić information content (AvgIpc) is 1.82. The third-order valence-corrected chi connectivity index (χ3v) is 1.46. The molecule has 0 aliphatic rings. The van der Waals surface area contributed by atoms with E-state index in [-0.39, 0.29) is 17.0 Å². The summed E-state index contributed by atoms with van der Waals surface area (Å²) in [6.45, 7) is 1.40. The Labute approximate surface area is 68.5 Å². The highest BCUT2D eigenvalue weighted by Crippen LogP contribution is 2.18. The lowest BCUT2D eigenvalue weighted by molar-refractivity contribution is 0.583. The first kappa shape index (κ1) is 8.64. The van der Waals surface area contributed by atoms with E-state index in [0.29, 0.717) is 6.07 Å². The van der Waals surface area contributed by atoms with Gasteiger partial charge in [0, 0.05) is 17.5 Å². The van der Waals surface area contributed by atoms with Gasteiger partial charge in [0.1, 0.15) is 11.6 Å². The molecule has 0 aliphatic carbocycles. The quantitative estimate of drug-likeness (QED) is 0.491. The third-order valence-electron chi connectivity index (χ3n) is 1.46. The first-order chi connectivity index (χ1) is 5.52. The molecule has 0 heterocycles. The topological polar surface area (TPSA) is 49.9 Å². The van der Waals surface area contributed by atoms with Crippen LogP contribution in [0.2, 0.25) is 0 Å². The number of rotatable bonds is 1. The molecule has 0 amide bonds. The first-order valence-corrected chi connectivity index (χ1v) is 3.32. The van der Waals surface area contributed by atoms with Gasteiger partial charge in [0.2, 0.25) is 0 Å². The molecule has 0 saturated heterocycles. The van der Waals surface area contributed by atoms with Crippen LogP contribution in [0.3, 0.4) is 0 Å². The normalized spacial score (nSPS) is 9.92. The number of benzene rings is 1. The Morgan fingerprint density at radius 3 is 2.42 bits per heavy atom. The van der Waals surface area contributed by atoms with E-state index in [2.05, 4.69) is 0 Å². The summed E-state index contributed by atoms with van der Waals surface area (Å²) in [6, 6.07) is 1.71. The van der Waals surface area contributed by atoms with Gasteiger partial charge in [0.25, 0.3) is 0 Å². The van der Waals surface area contributed by atoms with Gasteiger partial charge in [-0.25, -0.2) is 8.78 Å². The van der Waals surface area contributed by atoms with Crippen LogP contribution in [0.4, 0.5) is 14.5 Å². The summed E-state index contributed by atoms with van der Waals surface area (Å²) in [6.07, 6.45) is 0. The highest BCUT2D eigenvalue weighted by Gasteiger charge is 2.10. The molecule has 0 radical (unpaired) electrons. The fraction of sp³-hybridized carbons (Fsp3) is 0.125. The minimum Gasteiger partial charge on any atom is -0.398 e. The highest BCUT2D eigenvalue weighted by molar-refractivity contribution is 6.01. The van der Waals surface area contributed by atoms with Crippen LogP contribution in [0.5, 0.6) is 0 Å². The van der Waals surface area contributed by atoms with Gasteiger partial charge in [-0.2, -0.15) is 0 Å². The fourth-order valence-electron chi connectivity index (χ4n) is 0.989. The van der Waals surface area contributed by atoms with E-state index in [0.717, 1.165) is 6.07 Å². The molecule has 4 heteroatoms. The lowest BCUT2D eigenvalue weighted by atomic mass is 10.1.